The smallest absolute Gasteiger partial charge is 0.406 e. The van der Waals surface area contributed by atoms with Gasteiger partial charge in [-0.25, -0.2) is 0 Å². The van der Waals surface area contributed by atoms with Gasteiger partial charge in [0.15, 0.2) is 6.29 Å². The molecule has 3 nitrogen and oxygen atoms in total. The largest absolute Gasteiger partial charge is 0.573 e. The standard InChI is InChI=1S/C11H10ClF3O3/c12-5-9-6-16-10(17-9)7-1-3-8(4-2-7)18-11(13,14)15/h1-4,9-10H,5-6H2. The van der Waals surface area contributed by atoms with Gasteiger partial charge in [0.1, 0.15) is 5.75 Å². The van der Waals surface area contributed by atoms with Crippen molar-refractivity contribution in [3.63, 3.8) is 0 Å². The van der Waals surface area contributed by atoms with E-state index in [4.69, 9.17) is 21.1 Å². The summed E-state index contributed by atoms with van der Waals surface area (Å²) in [5.74, 6) is 0.0318. The summed E-state index contributed by atoms with van der Waals surface area (Å²) in [5, 5.41) is 0. The van der Waals surface area contributed by atoms with Crippen molar-refractivity contribution in [3.05, 3.63) is 29.8 Å². The highest BCUT2D eigenvalue weighted by Crippen LogP contribution is 2.29. The Bertz CT molecular complexity index is 394. The normalized spacial score (nSPS) is 24.2. The third-order valence-corrected chi connectivity index (χ3v) is 2.65. The Morgan fingerprint density at radius 1 is 1.28 bits per heavy atom. The minimum atomic E-state index is -4.69. The summed E-state index contributed by atoms with van der Waals surface area (Å²) in [6.45, 7) is 0.370. The lowest BCUT2D eigenvalue weighted by atomic mass is 10.2. The lowest BCUT2D eigenvalue weighted by Crippen LogP contribution is -2.17. The monoisotopic (exact) mass is 282 g/mol. The van der Waals surface area contributed by atoms with Crippen LogP contribution in [-0.2, 0) is 9.47 Å². The van der Waals surface area contributed by atoms with E-state index < -0.39 is 12.7 Å². The van der Waals surface area contributed by atoms with Crippen LogP contribution >= 0.6 is 11.6 Å². The predicted octanol–water partition coefficient (Wildman–Crippen LogP) is 3.24. The lowest BCUT2D eigenvalue weighted by Gasteiger charge is -2.12. The van der Waals surface area contributed by atoms with Gasteiger partial charge in [-0.2, -0.15) is 0 Å². The Labute approximate surface area is 106 Å². The molecule has 2 rings (SSSR count). The van der Waals surface area contributed by atoms with Crippen LogP contribution in [0.15, 0.2) is 24.3 Å². The molecule has 0 N–H and O–H groups in total. The van der Waals surface area contributed by atoms with Crippen molar-refractivity contribution in [2.45, 2.75) is 18.8 Å². The van der Waals surface area contributed by atoms with Gasteiger partial charge in [0, 0.05) is 5.56 Å². The maximum absolute atomic E-state index is 12.0. The van der Waals surface area contributed by atoms with Gasteiger partial charge < -0.3 is 14.2 Å². The van der Waals surface area contributed by atoms with E-state index in [-0.39, 0.29) is 11.9 Å². The van der Waals surface area contributed by atoms with E-state index in [1.165, 1.54) is 24.3 Å². The fourth-order valence-electron chi connectivity index (χ4n) is 1.53. The van der Waals surface area contributed by atoms with Crippen molar-refractivity contribution in [2.75, 3.05) is 12.5 Å². The topological polar surface area (TPSA) is 27.7 Å². The summed E-state index contributed by atoms with van der Waals surface area (Å²) in [6, 6.07) is 5.35. The SMILES string of the molecule is FC(F)(F)Oc1ccc(C2OCC(CCl)O2)cc1. The molecule has 0 amide bonds. The summed E-state index contributed by atoms with van der Waals surface area (Å²) in [4.78, 5) is 0. The number of hydrogen-bond donors (Lipinski definition) is 0. The first-order valence-corrected chi connectivity index (χ1v) is 5.70. The Morgan fingerprint density at radius 3 is 2.44 bits per heavy atom. The Balaban J connectivity index is 2.00. The molecule has 18 heavy (non-hydrogen) atoms. The second-order valence-corrected chi connectivity index (χ2v) is 4.00. The molecule has 1 saturated heterocycles. The Kier molecular flexibility index (Phi) is 3.99. The van der Waals surface area contributed by atoms with E-state index >= 15 is 0 Å². The van der Waals surface area contributed by atoms with Gasteiger partial charge in [-0.15, -0.1) is 24.8 Å². The molecule has 1 aromatic carbocycles. The molecule has 7 heteroatoms. The number of halogens is 4. The summed E-state index contributed by atoms with van der Waals surface area (Å²) in [5.41, 5.74) is 0.622. The van der Waals surface area contributed by atoms with E-state index in [1.54, 1.807) is 0 Å². The third-order valence-electron chi connectivity index (χ3n) is 2.31. The summed E-state index contributed by atoms with van der Waals surface area (Å²) >= 11 is 5.61. The van der Waals surface area contributed by atoms with E-state index in [0.29, 0.717) is 18.1 Å². The van der Waals surface area contributed by atoms with Gasteiger partial charge >= 0.3 is 6.36 Å². The fourth-order valence-corrected chi connectivity index (χ4v) is 1.69. The van der Waals surface area contributed by atoms with Crippen LogP contribution in [-0.4, -0.2) is 25.0 Å². The number of hydrogen-bond acceptors (Lipinski definition) is 3. The van der Waals surface area contributed by atoms with Crippen LogP contribution in [0, 0.1) is 0 Å². The minimum Gasteiger partial charge on any atom is -0.406 e. The van der Waals surface area contributed by atoms with Gasteiger partial charge in [-0.1, -0.05) is 12.1 Å². The van der Waals surface area contributed by atoms with Crippen molar-refractivity contribution in [1.82, 2.24) is 0 Å². The lowest BCUT2D eigenvalue weighted by molar-refractivity contribution is -0.274. The highest BCUT2D eigenvalue weighted by molar-refractivity contribution is 6.18. The summed E-state index contributed by atoms with van der Waals surface area (Å²) < 4.78 is 50.4. The van der Waals surface area contributed by atoms with Crippen molar-refractivity contribution in [2.24, 2.45) is 0 Å². The fraction of sp³-hybridized carbons (Fsp3) is 0.455. The predicted molar refractivity (Wildman–Crippen MR) is 57.4 cm³/mol. The van der Waals surface area contributed by atoms with Crippen LogP contribution in [0.1, 0.15) is 11.9 Å². The molecule has 1 aliphatic rings. The molecule has 0 saturated carbocycles. The second kappa shape index (κ2) is 5.34. The molecule has 2 unspecified atom stereocenters. The van der Waals surface area contributed by atoms with E-state index in [1.807, 2.05) is 0 Å². The van der Waals surface area contributed by atoms with Crippen LogP contribution in [0.4, 0.5) is 13.2 Å². The van der Waals surface area contributed by atoms with Crippen LogP contribution in [0.25, 0.3) is 0 Å². The van der Waals surface area contributed by atoms with Gasteiger partial charge in [-0.05, 0) is 12.1 Å². The first-order valence-electron chi connectivity index (χ1n) is 5.16. The highest BCUT2D eigenvalue weighted by atomic mass is 35.5. The minimum absolute atomic E-state index is 0.192. The highest BCUT2D eigenvalue weighted by Gasteiger charge is 2.31. The Morgan fingerprint density at radius 2 is 1.94 bits per heavy atom. The molecule has 0 bridgehead atoms. The maximum Gasteiger partial charge on any atom is 0.573 e. The summed E-state index contributed by atoms with van der Waals surface area (Å²) in [6.07, 6.45) is -5.47. The average Bonchev–Trinajstić information content (AvgIpc) is 2.76. The molecular formula is C11H10ClF3O3. The van der Waals surface area contributed by atoms with E-state index in [0.717, 1.165) is 0 Å². The van der Waals surface area contributed by atoms with Crippen LogP contribution in [0.2, 0.25) is 0 Å². The van der Waals surface area contributed by atoms with Crippen molar-refractivity contribution in [1.29, 1.82) is 0 Å². The van der Waals surface area contributed by atoms with Crippen molar-refractivity contribution in [3.8, 4) is 5.75 Å². The molecule has 0 aromatic heterocycles. The maximum atomic E-state index is 12.0. The van der Waals surface area contributed by atoms with Crippen LogP contribution < -0.4 is 4.74 Å². The van der Waals surface area contributed by atoms with Crippen LogP contribution in [0.3, 0.4) is 0 Å². The quantitative estimate of drug-likeness (QED) is 0.797. The number of alkyl halides is 4. The molecule has 2 atom stereocenters. The van der Waals surface area contributed by atoms with Gasteiger partial charge in [0.2, 0.25) is 0 Å². The molecule has 1 heterocycles. The molecular weight excluding hydrogens is 273 g/mol. The number of ether oxygens (including phenoxy) is 3. The first-order chi connectivity index (χ1) is 8.48. The van der Waals surface area contributed by atoms with Gasteiger partial charge in [-0.3, -0.25) is 0 Å². The summed E-state index contributed by atoms with van der Waals surface area (Å²) in [7, 11) is 0. The van der Waals surface area contributed by atoms with E-state index in [2.05, 4.69) is 4.74 Å². The average molecular weight is 283 g/mol. The van der Waals surface area contributed by atoms with Crippen LogP contribution in [0.5, 0.6) is 5.75 Å². The third kappa shape index (κ3) is 3.51. The second-order valence-electron chi connectivity index (χ2n) is 3.69. The van der Waals surface area contributed by atoms with Crippen molar-refractivity contribution >= 4 is 11.6 Å². The molecule has 0 aliphatic carbocycles. The number of benzene rings is 1. The molecule has 1 aromatic rings. The Hall–Kier alpha value is -0.980. The van der Waals surface area contributed by atoms with Crippen molar-refractivity contribution < 1.29 is 27.4 Å². The molecule has 100 valence electrons. The molecule has 0 spiro atoms. The van der Waals surface area contributed by atoms with E-state index in [9.17, 15) is 13.2 Å². The zero-order valence-electron chi connectivity index (χ0n) is 9.11. The number of rotatable bonds is 3. The first kappa shape index (κ1) is 13.5. The van der Waals surface area contributed by atoms with Gasteiger partial charge in [0.25, 0.3) is 0 Å². The van der Waals surface area contributed by atoms with Gasteiger partial charge in [0.05, 0.1) is 18.6 Å². The zero-order valence-corrected chi connectivity index (χ0v) is 9.87. The zero-order chi connectivity index (χ0) is 13.2. The molecule has 0 radical (unpaired) electrons. The molecule has 1 aliphatic heterocycles. The molecule has 1 fully saturated rings.